The summed E-state index contributed by atoms with van der Waals surface area (Å²) in [6.45, 7) is 0. The number of aliphatic carboxylic acids is 1. The maximum atomic E-state index is 11.4. The lowest BCUT2D eigenvalue weighted by molar-refractivity contribution is -0.140. The van der Waals surface area contributed by atoms with Crippen LogP contribution in [0, 0.1) is 5.92 Å². The van der Waals surface area contributed by atoms with E-state index in [0.717, 1.165) is 0 Å². The number of rotatable bonds is 3. The third kappa shape index (κ3) is 3.26. The molecule has 0 spiro atoms. The van der Waals surface area contributed by atoms with Gasteiger partial charge in [-0.2, -0.15) is 0 Å². The molecule has 6 heteroatoms. The van der Waals surface area contributed by atoms with Crippen LogP contribution in [0.3, 0.4) is 0 Å². The van der Waals surface area contributed by atoms with E-state index in [1.54, 1.807) is 12.1 Å². The molecule has 0 bridgehead atoms. The first-order chi connectivity index (χ1) is 8.89. The molecule has 2 N–H and O–H groups in total. The molecule has 1 heterocycles. The van der Waals surface area contributed by atoms with Crippen LogP contribution in [0.5, 0.6) is 5.75 Å². The molecule has 1 atom stereocenters. The molecule has 1 aliphatic rings. The maximum absolute atomic E-state index is 11.4. The highest BCUT2D eigenvalue weighted by Crippen LogP contribution is 2.34. The summed E-state index contributed by atoms with van der Waals surface area (Å²) in [5.74, 6) is -1.84. The molecule has 1 aromatic carbocycles. The van der Waals surface area contributed by atoms with Crippen molar-refractivity contribution in [3.05, 3.63) is 29.8 Å². The van der Waals surface area contributed by atoms with Gasteiger partial charge in [0.2, 0.25) is 0 Å². The molecule has 1 aromatic rings. The van der Waals surface area contributed by atoms with Crippen molar-refractivity contribution in [3.8, 4) is 5.75 Å². The maximum Gasteiger partial charge on any atom is 0.311 e. The van der Waals surface area contributed by atoms with Gasteiger partial charge in [-0.1, -0.05) is 12.1 Å². The van der Waals surface area contributed by atoms with Crippen LogP contribution in [0.1, 0.15) is 24.3 Å². The lowest BCUT2D eigenvalue weighted by atomic mass is 9.82. The van der Waals surface area contributed by atoms with Crippen molar-refractivity contribution in [1.29, 1.82) is 0 Å². The average Bonchev–Trinajstić information content (AvgIpc) is 2.31. The van der Waals surface area contributed by atoms with Crippen LogP contribution in [0.2, 0.25) is 0 Å². The molecule has 104 valence electrons. The predicted molar refractivity (Wildman–Crippen MR) is 69.9 cm³/mol. The molecule has 0 radical (unpaired) electrons. The quantitative estimate of drug-likeness (QED) is 0.875. The number of aromatic hydroxyl groups is 1. The van der Waals surface area contributed by atoms with Gasteiger partial charge >= 0.3 is 5.97 Å². The van der Waals surface area contributed by atoms with Gasteiger partial charge < -0.3 is 10.2 Å². The van der Waals surface area contributed by atoms with Crippen LogP contribution in [-0.2, 0) is 14.6 Å². The van der Waals surface area contributed by atoms with Gasteiger partial charge in [0.15, 0.2) is 0 Å². The van der Waals surface area contributed by atoms with Crippen LogP contribution >= 0.6 is 0 Å². The molecule has 1 unspecified atom stereocenters. The van der Waals surface area contributed by atoms with Gasteiger partial charge in [0.1, 0.15) is 15.6 Å². The Morgan fingerprint density at radius 3 is 2.42 bits per heavy atom. The molecule has 5 nitrogen and oxygen atoms in total. The Labute approximate surface area is 111 Å². The Hall–Kier alpha value is -1.56. The van der Waals surface area contributed by atoms with Gasteiger partial charge in [-0.15, -0.1) is 0 Å². The van der Waals surface area contributed by atoms with Crippen molar-refractivity contribution >= 4 is 15.8 Å². The Morgan fingerprint density at radius 1 is 1.26 bits per heavy atom. The monoisotopic (exact) mass is 284 g/mol. The fourth-order valence-corrected chi connectivity index (χ4v) is 4.10. The minimum absolute atomic E-state index is 0.0205. The molecule has 0 aromatic heterocycles. The first-order valence-corrected chi connectivity index (χ1v) is 7.93. The largest absolute Gasteiger partial charge is 0.508 e. The zero-order valence-electron chi connectivity index (χ0n) is 10.3. The smallest absolute Gasteiger partial charge is 0.311 e. The number of phenols is 1. The second-order valence-electron chi connectivity index (χ2n) is 4.90. The highest BCUT2D eigenvalue weighted by molar-refractivity contribution is 7.91. The van der Waals surface area contributed by atoms with Crippen molar-refractivity contribution < 1.29 is 23.4 Å². The predicted octanol–water partition coefficient (Wildman–Crippen LogP) is 1.39. The van der Waals surface area contributed by atoms with E-state index in [1.165, 1.54) is 12.1 Å². The summed E-state index contributed by atoms with van der Waals surface area (Å²) in [7, 11) is -3.01. The van der Waals surface area contributed by atoms with Crippen molar-refractivity contribution in [2.45, 2.75) is 18.8 Å². The van der Waals surface area contributed by atoms with E-state index in [4.69, 9.17) is 0 Å². The van der Waals surface area contributed by atoms with Crippen LogP contribution in [0.4, 0.5) is 0 Å². The molecule has 1 fully saturated rings. The summed E-state index contributed by atoms with van der Waals surface area (Å²) in [5.41, 5.74) is 0.525. The fraction of sp³-hybridized carbons (Fsp3) is 0.462. The molecule has 1 aliphatic heterocycles. The number of carboxylic acids is 1. The summed E-state index contributed by atoms with van der Waals surface area (Å²) < 4.78 is 22.8. The van der Waals surface area contributed by atoms with Crippen molar-refractivity contribution in [2.75, 3.05) is 11.5 Å². The molecular weight excluding hydrogens is 268 g/mol. The first kappa shape index (κ1) is 13.9. The van der Waals surface area contributed by atoms with E-state index in [-0.39, 0.29) is 23.2 Å². The van der Waals surface area contributed by atoms with Gasteiger partial charge in [0, 0.05) is 0 Å². The number of phenolic OH excluding ortho intramolecular Hbond substituents is 1. The number of sulfone groups is 1. The van der Waals surface area contributed by atoms with Crippen molar-refractivity contribution in [1.82, 2.24) is 0 Å². The van der Waals surface area contributed by atoms with Crippen LogP contribution in [0.15, 0.2) is 24.3 Å². The van der Waals surface area contributed by atoms with Gasteiger partial charge in [-0.05, 0) is 36.5 Å². The highest BCUT2D eigenvalue weighted by atomic mass is 32.2. The zero-order valence-corrected chi connectivity index (χ0v) is 11.1. The Kier molecular flexibility index (Phi) is 3.80. The SMILES string of the molecule is O=C(O)C(c1cccc(O)c1)C1CCS(=O)(=O)CC1. The average molecular weight is 284 g/mol. The molecule has 0 aliphatic carbocycles. The van der Waals surface area contributed by atoms with Crippen LogP contribution < -0.4 is 0 Å². The Bertz CT molecular complexity index is 564. The third-order valence-electron chi connectivity index (χ3n) is 3.57. The van der Waals surface area contributed by atoms with Crippen LogP contribution in [-0.4, -0.2) is 36.1 Å². The number of benzene rings is 1. The number of carbonyl (C=O) groups is 1. The lowest BCUT2D eigenvalue weighted by Gasteiger charge is -2.27. The zero-order chi connectivity index (χ0) is 14.0. The van der Waals surface area contributed by atoms with Crippen LogP contribution in [0.25, 0.3) is 0 Å². The minimum atomic E-state index is -3.01. The van der Waals surface area contributed by atoms with Gasteiger partial charge in [-0.25, -0.2) is 8.42 Å². The fourth-order valence-electron chi connectivity index (χ4n) is 2.58. The first-order valence-electron chi connectivity index (χ1n) is 6.11. The second kappa shape index (κ2) is 5.21. The lowest BCUT2D eigenvalue weighted by Crippen LogP contribution is -2.30. The molecule has 1 saturated heterocycles. The van der Waals surface area contributed by atoms with Gasteiger partial charge in [0.25, 0.3) is 0 Å². The van der Waals surface area contributed by atoms with E-state index in [9.17, 15) is 23.4 Å². The second-order valence-corrected chi connectivity index (χ2v) is 7.20. The molecule has 0 amide bonds. The normalized spacial score (nSPS) is 20.8. The summed E-state index contributed by atoms with van der Waals surface area (Å²) in [5, 5.41) is 18.8. The molecular formula is C13H16O5S. The number of carboxylic acid groups (broad SMARTS) is 1. The van der Waals surface area contributed by atoms with E-state index in [1.807, 2.05) is 0 Å². The summed E-state index contributed by atoms with van der Waals surface area (Å²) in [6.07, 6.45) is 0.712. The summed E-state index contributed by atoms with van der Waals surface area (Å²) in [4.78, 5) is 11.4. The van der Waals surface area contributed by atoms with E-state index >= 15 is 0 Å². The van der Waals surface area contributed by atoms with E-state index in [0.29, 0.717) is 18.4 Å². The molecule has 0 saturated carbocycles. The van der Waals surface area contributed by atoms with Gasteiger partial charge in [-0.3, -0.25) is 4.79 Å². The summed E-state index contributed by atoms with van der Waals surface area (Å²) in [6, 6.07) is 6.16. The summed E-state index contributed by atoms with van der Waals surface area (Å²) >= 11 is 0. The topological polar surface area (TPSA) is 91.7 Å². The molecule has 19 heavy (non-hydrogen) atoms. The number of hydrogen-bond donors (Lipinski definition) is 2. The van der Waals surface area contributed by atoms with E-state index in [2.05, 4.69) is 0 Å². The van der Waals surface area contributed by atoms with Crippen molar-refractivity contribution in [2.24, 2.45) is 5.92 Å². The van der Waals surface area contributed by atoms with Gasteiger partial charge in [0.05, 0.1) is 17.4 Å². The molecule has 2 rings (SSSR count). The van der Waals surface area contributed by atoms with E-state index < -0.39 is 21.7 Å². The third-order valence-corrected chi connectivity index (χ3v) is 5.28. The van der Waals surface area contributed by atoms with Crippen molar-refractivity contribution in [3.63, 3.8) is 0 Å². The minimum Gasteiger partial charge on any atom is -0.508 e. The highest BCUT2D eigenvalue weighted by Gasteiger charge is 2.34. The number of hydrogen-bond acceptors (Lipinski definition) is 4. The standard InChI is InChI=1S/C13H16O5S/c14-11-3-1-2-10(8-11)12(13(15)16)9-4-6-19(17,18)7-5-9/h1-3,8-9,12,14H,4-7H2,(H,15,16). The Morgan fingerprint density at radius 2 is 1.89 bits per heavy atom. The Balaban J connectivity index is 2.25.